The Bertz CT molecular complexity index is 286. The van der Waals surface area contributed by atoms with E-state index in [1.807, 2.05) is 0 Å². The number of aliphatic carboxylic acids is 1. The number of carboxylic acid groups (broad SMARTS) is 1. The molecule has 98 valence electrons. The summed E-state index contributed by atoms with van der Waals surface area (Å²) < 4.78 is 40.5. The van der Waals surface area contributed by atoms with Gasteiger partial charge in [0.1, 0.15) is 0 Å². The molecule has 17 heavy (non-hydrogen) atoms. The summed E-state index contributed by atoms with van der Waals surface area (Å²) in [6.07, 6.45) is -5.10. The van der Waals surface area contributed by atoms with Crippen LogP contribution in [0, 0.1) is 5.92 Å². The van der Waals surface area contributed by atoms with Gasteiger partial charge < -0.3 is 9.84 Å². The number of rotatable bonds is 7. The van der Waals surface area contributed by atoms with Crippen molar-refractivity contribution < 1.29 is 32.6 Å². The molecule has 0 aliphatic heterocycles. The average Bonchev–Trinajstić information content (AvgIpc) is 2.20. The van der Waals surface area contributed by atoms with Gasteiger partial charge in [0.2, 0.25) is 0 Å². The first-order valence-electron chi connectivity index (χ1n) is 4.85. The van der Waals surface area contributed by atoms with Crippen LogP contribution in [-0.4, -0.2) is 29.8 Å². The lowest BCUT2D eigenvalue weighted by atomic mass is 10.00. The summed E-state index contributed by atoms with van der Waals surface area (Å²) in [5.74, 6) is -3.69. The summed E-state index contributed by atoms with van der Waals surface area (Å²) in [6.45, 7) is 3.02. The van der Waals surface area contributed by atoms with Crippen molar-refractivity contribution in [3.05, 3.63) is 12.7 Å². The Morgan fingerprint density at radius 2 is 2.00 bits per heavy atom. The Kier molecular flexibility index (Phi) is 6.30. The molecule has 0 heterocycles. The molecule has 0 aromatic carbocycles. The number of hydrogen-bond donors (Lipinski definition) is 1. The lowest BCUT2D eigenvalue weighted by Crippen LogP contribution is -2.22. The number of halogens is 3. The second kappa shape index (κ2) is 6.93. The first kappa shape index (κ1) is 15.5. The number of ether oxygens (including phenoxy) is 1. The zero-order valence-electron chi connectivity index (χ0n) is 9.00. The van der Waals surface area contributed by atoms with Gasteiger partial charge >= 0.3 is 18.1 Å². The molecule has 0 radical (unpaired) electrons. The standard InChI is InChI=1S/C10H13F3O4/c1-2-8(14)17-5-3-4-7(9(15)16)6-10(11,12)13/h2,7H,1,3-6H2,(H,15,16). The molecular formula is C10H13F3O4. The lowest BCUT2D eigenvalue weighted by Gasteiger charge is -2.14. The van der Waals surface area contributed by atoms with E-state index in [1.54, 1.807) is 0 Å². The maximum absolute atomic E-state index is 12.0. The van der Waals surface area contributed by atoms with Crippen LogP contribution >= 0.6 is 0 Å². The van der Waals surface area contributed by atoms with Crippen molar-refractivity contribution in [2.45, 2.75) is 25.4 Å². The van der Waals surface area contributed by atoms with Crippen LogP contribution in [0.5, 0.6) is 0 Å². The van der Waals surface area contributed by atoms with Crippen molar-refractivity contribution in [1.82, 2.24) is 0 Å². The van der Waals surface area contributed by atoms with Gasteiger partial charge in [-0.1, -0.05) is 6.58 Å². The molecule has 0 aromatic heterocycles. The fourth-order valence-corrected chi connectivity index (χ4v) is 1.15. The van der Waals surface area contributed by atoms with Gasteiger partial charge in [-0.25, -0.2) is 4.79 Å². The van der Waals surface area contributed by atoms with Gasteiger partial charge in [0.25, 0.3) is 0 Å². The summed E-state index contributed by atoms with van der Waals surface area (Å²) >= 11 is 0. The Balaban J connectivity index is 3.98. The molecule has 0 saturated heterocycles. The van der Waals surface area contributed by atoms with Gasteiger partial charge in [0.15, 0.2) is 0 Å². The van der Waals surface area contributed by atoms with Gasteiger partial charge in [-0.15, -0.1) is 0 Å². The van der Waals surface area contributed by atoms with Crippen LogP contribution < -0.4 is 0 Å². The van der Waals surface area contributed by atoms with E-state index < -0.39 is 30.5 Å². The molecule has 0 rings (SSSR count). The van der Waals surface area contributed by atoms with Crippen LogP contribution in [0.3, 0.4) is 0 Å². The molecule has 0 amide bonds. The van der Waals surface area contributed by atoms with E-state index in [4.69, 9.17) is 5.11 Å². The van der Waals surface area contributed by atoms with E-state index in [2.05, 4.69) is 11.3 Å². The van der Waals surface area contributed by atoms with Crippen molar-refractivity contribution >= 4 is 11.9 Å². The van der Waals surface area contributed by atoms with Crippen LogP contribution in [0.25, 0.3) is 0 Å². The topological polar surface area (TPSA) is 63.6 Å². The maximum atomic E-state index is 12.0. The highest BCUT2D eigenvalue weighted by atomic mass is 19.4. The summed E-state index contributed by atoms with van der Waals surface area (Å²) in [7, 11) is 0. The maximum Gasteiger partial charge on any atom is 0.389 e. The predicted octanol–water partition coefficient (Wildman–Crippen LogP) is 2.15. The fourth-order valence-electron chi connectivity index (χ4n) is 1.15. The van der Waals surface area contributed by atoms with Crippen LogP contribution in [0.1, 0.15) is 19.3 Å². The summed E-state index contributed by atoms with van der Waals surface area (Å²) in [5, 5.41) is 8.57. The number of hydrogen-bond acceptors (Lipinski definition) is 3. The van der Waals surface area contributed by atoms with Gasteiger partial charge in [-0.05, 0) is 12.8 Å². The monoisotopic (exact) mass is 254 g/mol. The minimum atomic E-state index is -4.51. The van der Waals surface area contributed by atoms with Crippen molar-refractivity contribution in [3.8, 4) is 0 Å². The van der Waals surface area contributed by atoms with Crippen LogP contribution in [0.2, 0.25) is 0 Å². The minimum Gasteiger partial charge on any atom is -0.481 e. The second-order valence-corrected chi connectivity index (χ2v) is 3.37. The second-order valence-electron chi connectivity index (χ2n) is 3.37. The SMILES string of the molecule is C=CC(=O)OCCCC(CC(F)(F)F)C(=O)O. The summed E-state index contributed by atoms with van der Waals surface area (Å²) in [5.41, 5.74) is 0. The number of carbonyl (C=O) groups excluding carboxylic acids is 1. The van der Waals surface area contributed by atoms with Gasteiger partial charge in [0.05, 0.1) is 18.9 Å². The first-order chi connectivity index (χ1) is 7.76. The highest BCUT2D eigenvalue weighted by Gasteiger charge is 2.34. The number of esters is 1. The van der Waals surface area contributed by atoms with Crippen molar-refractivity contribution in [2.24, 2.45) is 5.92 Å². The Labute approximate surface area is 96.1 Å². The highest BCUT2D eigenvalue weighted by molar-refractivity contribution is 5.81. The van der Waals surface area contributed by atoms with Crippen molar-refractivity contribution in [1.29, 1.82) is 0 Å². The minimum absolute atomic E-state index is 0.0621. The average molecular weight is 254 g/mol. The van der Waals surface area contributed by atoms with E-state index >= 15 is 0 Å². The molecule has 0 aliphatic carbocycles. The summed E-state index contributed by atoms with van der Waals surface area (Å²) in [4.78, 5) is 21.1. The zero-order valence-corrected chi connectivity index (χ0v) is 9.00. The lowest BCUT2D eigenvalue weighted by molar-refractivity contribution is -0.164. The molecule has 0 aliphatic rings. The normalized spacial score (nSPS) is 12.9. The quantitative estimate of drug-likeness (QED) is 0.429. The first-order valence-corrected chi connectivity index (χ1v) is 4.85. The zero-order chi connectivity index (χ0) is 13.5. The molecule has 1 atom stereocenters. The number of carboxylic acids is 1. The van der Waals surface area contributed by atoms with Crippen molar-refractivity contribution in [2.75, 3.05) is 6.61 Å². The van der Waals surface area contributed by atoms with E-state index in [9.17, 15) is 22.8 Å². The van der Waals surface area contributed by atoms with Gasteiger partial charge in [-0.2, -0.15) is 13.2 Å². The fraction of sp³-hybridized carbons (Fsp3) is 0.600. The molecule has 0 bridgehead atoms. The molecule has 0 spiro atoms. The molecule has 1 N–H and O–H groups in total. The van der Waals surface area contributed by atoms with Crippen molar-refractivity contribution in [3.63, 3.8) is 0 Å². The highest BCUT2D eigenvalue weighted by Crippen LogP contribution is 2.27. The van der Waals surface area contributed by atoms with E-state index in [-0.39, 0.29) is 19.4 Å². The Morgan fingerprint density at radius 3 is 2.41 bits per heavy atom. The summed E-state index contributed by atoms with van der Waals surface area (Å²) in [6, 6.07) is 0. The third-order valence-corrected chi connectivity index (χ3v) is 1.94. The molecule has 0 aromatic rings. The van der Waals surface area contributed by atoms with E-state index in [0.29, 0.717) is 0 Å². The van der Waals surface area contributed by atoms with E-state index in [1.165, 1.54) is 0 Å². The Morgan fingerprint density at radius 1 is 1.41 bits per heavy atom. The Hall–Kier alpha value is -1.53. The largest absolute Gasteiger partial charge is 0.481 e. The van der Waals surface area contributed by atoms with Gasteiger partial charge in [-0.3, -0.25) is 4.79 Å². The van der Waals surface area contributed by atoms with Crippen LogP contribution in [0.15, 0.2) is 12.7 Å². The molecule has 7 heteroatoms. The molecule has 4 nitrogen and oxygen atoms in total. The predicted molar refractivity (Wildman–Crippen MR) is 52.2 cm³/mol. The number of alkyl halides is 3. The smallest absolute Gasteiger partial charge is 0.389 e. The molecule has 0 saturated carbocycles. The third kappa shape index (κ3) is 8.29. The molecule has 0 fully saturated rings. The third-order valence-electron chi connectivity index (χ3n) is 1.94. The van der Waals surface area contributed by atoms with Crippen LogP contribution in [0.4, 0.5) is 13.2 Å². The molecular weight excluding hydrogens is 241 g/mol. The van der Waals surface area contributed by atoms with Gasteiger partial charge in [0, 0.05) is 6.08 Å². The van der Waals surface area contributed by atoms with Crippen LogP contribution in [-0.2, 0) is 14.3 Å². The molecule has 1 unspecified atom stereocenters. The van der Waals surface area contributed by atoms with E-state index in [0.717, 1.165) is 6.08 Å². The number of carbonyl (C=O) groups is 2.